The van der Waals surface area contributed by atoms with E-state index in [1.165, 1.54) is 6.92 Å². The lowest BCUT2D eigenvalue weighted by Crippen LogP contribution is -2.14. The van der Waals surface area contributed by atoms with Crippen LogP contribution in [0.1, 0.15) is 31.3 Å². The Labute approximate surface area is 149 Å². The van der Waals surface area contributed by atoms with Gasteiger partial charge in [0.2, 0.25) is 0 Å². The first-order valence-corrected chi connectivity index (χ1v) is 8.54. The van der Waals surface area contributed by atoms with Crippen molar-refractivity contribution in [2.75, 3.05) is 52.9 Å². The van der Waals surface area contributed by atoms with Crippen molar-refractivity contribution in [3.8, 4) is 5.75 Å². The first-order chi connectivity index (χ1) is 12.1. The molecule has 0 aliphatic rings. The number of carbonyl (C=O) groups is 1. The molecule has 1 rings (SSSR count). The largest absolute Gasteiger partial charge is 0.491 e. The highest BCUT2D eigenvalue weighted by molar-refractivity contribution is 5.92. The van der Waals surface area contributed by atoms with Gasteiger partial charge in [-0.15, -0.1) is 0 Å². The number of hydrogen-bond acceptors (Lipinski definition) is 7. The first-order valence-electron chi connectivity index (χ1n) is 8.54. The summed E-state index contributed by atoms with van der Waals surface area (Å²) in [7, 11) is 0. The molecule has 0 unspecified atom stereocenters. The van der Waals surface area contributed by atoms with E-state index in [9.17, 15) is 4.79 Å². The molecular weight excluding hydrogens is 326 g/mol. The topological polar surface area (TPSA) is 76.1 Å². The Kier molecular flexibility index (Phi) is 11.8. The quantitative estimate of drug-likeness (QED) is 0.352. The summed E-state index contributed by atoms with van der Waals surface area (Å²) in [6, 6.07) is 3.33. The van der Waals surface area contributed by atoms with Gasteiger partial charge in [-0.2, -0.15) is 0 Å². The number of nitrogens with zero attached hydrogens (tertiary/aromatic N) is 1. The predicted molar refractivity (Wildman–Crippen MR) is 93.3 cm³/mol. The fourth-order valence-corrected chi connectivity index (χ4v) is 1.80. The molecule has 7 nitrogen and oxygen atoms in total. The standard InChI is InChI=1S/C18H29NO6/c1-15(2)24-12-10-22-8-6-21-7-9-23-11-13-25-17-4-5-19-18(14-17)16(3)20/h4-5,14-15H,6-13H2,1-3H3. The molecule has 1 heterocycles. The lowest BCUT2D eigenvalue weighted by atomic mass is 10.3. The zero-order valence-electron chi connectivity index (χ0n) is 15.4. The van der Waals surface area contributed by atoms with Gasteiger partial charge in [-0.05, 0) is 19.9 Å². The van der Waals surface area contributed by atoms with E-state index >= 15 is 0 Å². The van der Waals surface area contributed by atoms with E-state index in [1.807, 2.05) is 13.8 Å². The number of aromatic nitrogens is 1. The van der Waals surface area contributed by atoms with Gasteiger partial charge in [-0.3, -0.25) is 9.78 Å². The number of Topliss-reactive ketones (excluding diaryl/α,β-unsaturated/α-hetero) is 1. The highest BCUT2D eigenvalue weighted by atomic mass is 16.6. The van der Waals surface area contributed by atoms with Gasteiger partial charge in [-0.25, -0.2) is 0 Å². The molecule has 25 heavy (non-hydrogen) atoms. The Morgan fingerprint density at radius 3 is 2.08 bits per heavy atom. The lowest BCUT2D eigenvalue weighted by molar-refractivity contribution is -0.0134. The molecule has 0 N–H and O–H groups in total. The number of ether oxygens (including phenoxy) is 5. The van der Waals surface area contributed by atoms with Crippen LogP contribution in [0, 0.1) is 0 Å². The molecule has 0 bridgehead atoms. The fourth-order valence-electron chi connectivity index (χ4n) is 1.80. The van der Waals surface area contributed by atoms with Crippen LogP contribution in [0.4, 0.5) is 0 Å². The highest BCUT2D eigenvalue weighted by Crippen LogP contribution is 2.11. The number of pyridine rings is 1. The van der Waals surface area contributed by atoms with Crippen LogP contribution in [0.15, 0.2) is 18.3 Å². The average Bonchev–Trinajstić information content (AvgIpc) is 2.59. The second kappa shape index (κ2) is 13.7. The van der Waals surface area contributed by atoms with Gasteiger partial charge < -0.3 is 23.7 Å². The van der Waals surface area contributed by atoms with Crippen LogP contribution in [0.5, 0.6) is 5.75 Å². The molecule has 0 spiro atoms. The second-order valence-electron chi connectivity index (χ2n) is 5.54. The molecule has 0 fully saturated rings. The van der Waals surface area contributed by atoms with Gasteiger partial charge in [0.15, 0.2) is 5.78 Å². The Balaban J connectivity index is 1.89. The minimum Gasteiger partial charge on any atom is -0.491 e. The number of hydrogen-bond donors (Lipinski definition) is 0. The van der Waals surface area contributed by atoms with Crippen LogP contribution in [0.2, 0.25) is 0 Å². The maximum absolute atomic E-state index is 11.2. The van der Waals surface area contributed by atoms with Crippen LogP contribution in [0.3, 0.4) is 0 Å². The summed E-state index contributed by atoms with van der Waals surface area (Å²) in [6.07, 6.45) is 1.79. The van der Waals surface area contributed by atoms with Gasteiger partial charge in [0.25, 0.3) is 0 Å². The van der Waals surface area contributed by atoms with Gasteiger partial charge >= 0.3 is 0 Å². The molecule has 7 heteroatoms. The summed E-state index contributed by atoms with van der Waals surface area (Å²) in [5.74, 6) is 0.522. The van der Waals surface area contributed by atoms with E-state index < -0.39 is 0 Å². The predicted octanol–water partition coefficient (Wildman–Crippen LogP) is 2.14. The van der Waals surface area contributed by atoms with Crippen LogP contribution >= 0.6 is 0 Å². The molecule has 0 aliphatic carbocycles. The summed E-state index contributed by atoms with van der Waals surface area (Å²) in [6.45, 7) is 9.58. The van der Waals surface area contributed by atoms with Crippen molar-refractivity contribution in [1.29, 1.82) is 0 Å². The van der Waals surface area contributed by atoms with Gasteiger partial charge in [0.05, 0.1) is 52.4 Å². The van der Waals surface area contributed by atoms with Gasteiger partial charge in [-0.1, -0.05) is 0 Å². The monoisotopic (exact) mass is 355 g/mol. The molecule has 0 saturated carbocycles. The van der Waals surface area contributed by atoms with Crippen molar-refractivity contribution in [3.05, 3.63) is 24.0 Å². The number of ketones is 1. The average molecular weight is 355 g/mol. The summed E-state index contributed by atoms with van der Waals surface area (Å²) in [4.78, 5) is 15.2. The Morgan fingerprint density at radius 1 is 0.960 bits per heavy atom. The van der Waals surface area contributed by atoms with Gasteiger partial charge in [0.1, 0.15) is 18.1 Å². The van der Waals surface area contributed by atoms with E-state index in [1.54, 1.807) is 18.3 Å². The van der Waals surface area contributed by atoms with Crippen LogP contribution in [-0.2, 0) is 18.9 Å². The van der Waals surface area contributed by atoms with Crippen molar-refractivity contribution in [2.24, 2.45) is 0 Å². The summed E-state index contributed by atoms with van der Waals surface area (Å²) >= 11 is 0. The first kappa shape index (κ1) is 21.5. The minimum atomic E-state index is -0.0877. The van der Waals surface area contributed by atoms with Crippen molar-refractivity contribution in [1.82, 2.24) is 4.98 Å². The van der Waals surface area contributed by atoms with Crippen LogP contribution < -0.4 is 4.74 Å². The smallest absolute Gasteiger partial charge is 0.178 e. The van der Waals surface area contributed by atoms with Crippen molar-refractivity contribution in [2.45, 2.75) is 26.9 Å². The van der Waals surface area contributed by atoms with Crippen molar-refractivity contribution < 1.29 is 28.5 Å². The normalized spacial score (nSPS) is 11.0. The lowest BCUT2D eigenvalue weighted by Gasteiger charge is -2.09. The van der Waals surface area contributed by atoms with Crippen LogP contribution in [0.25, 0.3) is 0 Å². The summed E-state index contributed by atoms with van der Waals surface area (Å²) < 4.78 is 27.0. The minimum absolute atomic E-state index is 0.0877. The van der Waals surface area contributed by atoms with E-state index in [2.05, 4.69) is 4.98 Å². The SMILES string of the molecule is CC(=O)c1cc(OCCOCCOCCOCCOC(C)C)ccn1. The van der Waals surface area contributed by atoms with E-state index in [-0.39, 0.29) is 11.9 Å². The maximum atomic E-state index is 11.2. The molecular formula is C18H29NO6. The Hall–Kier alpha value is -1.54. The third kappa shape index (κ3) is 11.6. The number of carbonyl (C=O) groups excluding carboxylic acids is 1. The molecule has 142 valence electrons. The third-order valence-corrected chi connectivity index (χ3v) is 3.01. The second-order valence-corrected chi connectivity index (χ2v) is 5.54. The summed E-state index contributed by atoms with van der Waals surface area (Å²) in [5, 5.41) is 0. The third-order valence-electron chi connectivity index (χ3n) is 3.01. The molecule has 1 aromatic heterocycles. The Morgan fingerprint density at radius 2 is 1.52 bits per heavy atom. The molecule has 1 aromatic rings. The fraction of sp³-hybridized carbons (Fsp3) is 0.667. The molecule has 0 aromatic carbocycles. The zero-order chi connectivity index (χ0) is 18.3. The molecule has 0 saturated heterocycles. The van der Waals surface area contributed by atoms with Crippen molar-refractivity contribution in [3.63, 3.8) is 0 Å². The van der Waals surface area contributed by atoms with Crippen LogP contribution in [-0.4, -0.2) is 69.7 Å². The zero-order valence-corrected chi connectivity index (χ0v) is 15.4. The number of rotatable bonds is 15. The van der Waals surface area contributed by atoms with E-state index in [0.29, 0.717) is 64.3 Å². The summed E-state index contributed by atoms with van der Waals surface area (Å²) in [5.41, 5.74) is 0.393. The van der Waals surface area contributed by atoms with E-state index in [4.69, 9.17) is 23.7 Å². The Bertz CT molecular complexity index is 480. The van der Waals surface area contributed by atoms with Gasteiger partial charge in [0, 0.05) is 19.2 Å². The maximum Gasteiger partial charge on any atom is 0.178 e. The molecule has 0 amide bonds. The molecule has 0 radical (unpaired) electrons. The van der Waals surface area contributed by atoms with Crippen molar-refractivity contribution >= 4 is 5.78 Å². The molecule has 0 atom stereocenters. The highest BCUT2D eigenvalue weighted by Gasteiger charge is 2.02. The van der Waals surface area contributed by atoms with E-state index in [0.717, 1.165) is 0 Å². The molecule has 0 aliphatic heterocycles.